The lowest BCUT2D eigenvalue weighted by molar-refractivity contribution is -0.116. The molecule has 4 aromatic rings. The van der Waals surface area contributed by atoms with Crippen molar-refractivity contribution in [2.24, 2.45) is 0 Å². The molecule has 0 saturated carbocycles. The molecule has 0 saturated heterocycles. The van der Waals surface area contributed by atoms with Crippen molar-refractivity contribution in [3.05, 3.63) is 108 Å². The van der Waals surface area contributed by atoms with E-state index in [9.17, 15) is 4.79 Å². The van der Waals surface area contributed by atoms with Gasteiger partial charge in [0.15, 0.2) is 0 Å². The van der Waals surface area contributed by atoms with Crippen LogP contribution in [-0.4, -0.2) is 33.4 Å². The normalized spacial score (nSPS) is 11.7. The summed E-state index contributed by atoms with van der Waals surface area (Å²) in [6.45, 7) is 7.10. The van der Waals surface area contributed by atoms with Gasteiger partial charge in [-0.25, -0.2) is 0 Å². The number of amides is 1. The largest absolute Gasteiger partial charge is 0.361 e. The second-order valence-electron chi connectivity index (χ2n) is 9.90. The number of fused-ring (bicyclic) bond motifs is 1. The molecule has 0 unspecified atom stereocenters. The molecule has 0 aliphatic rings. The highest BCUT2D eigenvalue weighted by Gasteiger charge is 2.13. The van der Waals surface area contributed by atoms with Crippen LogP contribution in [-0.2, 0) is 24.3 Å². The van der Waals surface area contributed by atoms with Crippen molar-refractivity contribution in [1.82, 2.24) is 20.2 Å². The minimum absolute atomic E-state index is 0.0559. The Morgan fingerprint density at radius 3 is 2.57 bits per heavy atom. The zero-order valence-corrected chi connectivity index (χ0v) is 22.0. The molecule has 2 heterocycles. The Morgan fingerprint density at radius 2 is 1.78 bits per heavy atom. The summed E-state index contributed by atoms with van der Waals surface area (Å²) in [5.41, 5.74) is 6.20. The number of nitrogens with zero attached hydrogens (tertiary/aromatic N) is 2. The topological polar surface area (TPSA) is 61.0 Å². The molecule has 0 radical (unpaired) electrons. The number of carbonyl (C=O) groups is 1. The number of hydrogen-bond donors (Lipinski definition) is 2. The number of H-pyrrole nitrogens is 1. The predicted octanol–water partition coefficient (Wildman–Crippen LogP) is 6.52. The van der Waals surface area contributed by atoms with Gasteiger partial charge in [-0.1, -0.05) is 55.0 Å². The highest BCUT2D eigenvalue weighted by molar-refractivity contribution is 5.91. The lowest BCUT2D eigenvalue weighted by Gasteiger charge is -2.26. The molecule has 0 atom stereocenters. The molecule has 37 heavy (non-hydrogen) atoms. The fraction of sp³-hybridized carbons (Fsp3) is 0.312. The van der Waals surface area contributed by atoms with Crippen LogP contribution < -0.4 is 5.32 Å². The van der Waals surface area contributed by atoms with Crippen LogP contribution in [0, 0.1) is 0 Å². The molecule has 1 amide bonds. The van der Waals surface area contributed by atoms with E-state index >= 15 is 0 Å². The number of para-hydroxylation sites is 1. The van der Waals surface area contributed by atoms with Crippen LogP contribution >= 0.6 is 0 Å². The van der Waals surface area contributed by atoms with Gasteiger partial charge in [-0.3, -0.25) is 14.7 Å². The lowest BCUT2D eigenvalue weighted by Crippen LogP contribution is -2.29. The number of rotatable bonds is 13. The minimum atomic E-state index is -0.0559. The number of hydrogen-bond acceptors (Lipinski definition) is 3. The molecular weight excluding hydrogens is 456 g/mol. The average molecular weight is 495 g/mol. The summed E-state index contributed by atoms with van der Waals surface area (Å²) in [5.74, 6) is -0.0559. The molecule has 5 heteroatoms. The van der Waals surface area contributed by atoms with Gasteiger partial charge in [-0.2, -0.15) is 0 Å². The van der Waals surface area contributed by atoms with Crippen molar-refractivity contribution in [1.29, 1.82) is 0 Å². The van der Waals surface area contributed by atoms with E-state index in [1.54, 1.807) is 24.5 Å². The maximum atomic E-state index is 11.9. The molecular formula is C32H38N4O. The second kappa shape index (κ2) is 13.6. The van der Waals surface area contributed by atoms with Crippen molar-refractivity contribution in [2.75, 3.05) is 6.54 Å². The van der Waals surface area contributed by atoms with Gasteiger partial charge in [0.25, 0.3) is 0 Å². The molecule has 0 aliphatic heterocycles. The third-order valence-corrected chi connectivity index (χ3v) is 6.74. The fourth-order valence-electron chi connectivity index (χ4n) is 4.50. The first-order valence-electron chi connectivity index (χ1n) is 13.3. The van der Waals surface area contributed by atoms with Crippen LogP contribution in [0.15, 0.2) is 85.3 Å². The van der Waals surface area contributed by atoms with Crippen LogP contribution in [0.5, 0.6) is 0 Å². The molecule has 0 bridgehead atoms. The van der Waals surface area contributed by atoms with E-state index in [2.05, 4.69) is 88.8 Å². The van der Waals surface area contributed by atoms with Crippen molar-refractivity contribution in [3.8, 4) is 0 Å². The smallest absolute Gasteiger partial charge is 0.243 e. The van der Waals surface area contributed by atoms with E-state index in [0.717, 1.165) is 44.3 Å². The number of carbonyl (C=O) groups excluding carboxylic acids is 1. The first-order chi connectivity index (χ1) is 18.1. The summed E-state index contributed by atoms with van der Waals surface area (Å²) in [6.07, 6.45) is 13.2. The Hall–Kier alpha value is -3.70. The molecule has 4 rings (SSSR count). The molecule has 192 valence electrons. The van der Waals surface area contributed by atoms with Crippen molar-refractivity contribution in [3.63, 3.8) is 0 Å². The van der Waals surface area contributed by atoms with E-state index in [-0.39, 0.29) is 5.91 Å². The lowest BCUT2D eigenvalue weighted by atomic mass is 10.0. The first kappa shape index (κ1) is 26.4. The number of pyridine rings is 1. The van der Waals surface area contributed by atoms with Crippen LogP contribution in [0.25, 0.3) is 17.0 Å². The van der Waals surface area contributed by atoms with Crippen LogP contribution in [0.4, 0.5) is 0 Å². The molecule has 2 N–H and O–H groups in total. The Morgan fingerprint density at radius 1 is 0.973 bits per heavy atom. The summed E-state index contributed by atoms with van der Waals surface area (Å²) < 4.78 is 0. The Balaban J connectivity index is 1.16. The van der Waals surface area contributed by atoms with E-state index < -0.39 is 0 Å². The molecule has 2 aromatic carbocycles. The third kappa shape index (κ3) is 8.16. The number of aromatic amines is 1. The Labute approximate surface area is 220 Å². The van der Waals surface area contributed by atoms with Gasteiger partial charge in [0.05, 0.1) is 0 Å². The predicted molar refractivity (Wildman–Crippen MR) is 153 cm³/mol. The van der Waals surface area contributed by atoms with Gasteiger partial charge in [-0.05, 0) is 73.6 Å². The van der Waals surface area contributed by atoms with Crippen LogP contribution in [0.2, 0.25) is 0 Å². The molecule has 0 fully saturated rings. The average Bonchev–Trinajstić information content (AvgIpc) is 3.33. The molecule has 0 spiro atoms. The van der Waals surface area contributed by atoms with Crippen molar-refractivity contribution in [2.45, 2.75) is 58.7 Å². The molecule has 0 aliphatic carbocycles. The molecule has 2 aromatic heterocycles. The Bertz CT molecular complexity index is 1280. The number of unbranched alkanes of at least 4 members (excludes halogenated alkanes) is 2. The van der Waals surface area contributed by atoms with E-state index in [1.165, 1.54) is 27.6 Å². The highest BCUT2D eigenvalue weighted by Crippen LogP contribution is 2.22. The number of aryl methyl sites for hydroxylation is 1. The van der Waals surface area contributed by atoms with Gasteiger partial charge in [0, 0.05) is 61.2 Å². The van der Waals surface area contributed by atoms with Gasteiger partial charge in [-0.15, -0.1) is 0 Å². The summed E-state index contributed by atoms with van der Waals surface area (Å²) in [4.78, 5) is 21.9. The Kier molecular flexibility index (Phi) is 9.67. The quantitative estimate of drug-likeness (QED) is 0.164. The summed E-state index contributed by atoms with van der Waals surface area (Å²) >= 11 is 0. The highest BCUT2D eigenvalue weighted by atomic mass is 16.1. The fourth-order valence-corrected chi connectivity index (χ4v) is 4.50. The summed E-state index contributed by atoms with van der Waals surface area (Å²) in [5, 5.41) is 4.27. The first-order valence-corrected chi connectivity index (χ1v) is 13.3. The maximum absolute atomic E-state index is 11.9. The summed E-state index contributed by atoms with van der Waals surface area (Å²) in [6, 6.07) is 21.8. The van der Waals surface area contributed by atoms with Crippen molar-refractivity contribution < 1.29 is 4.79 Å². The van der Waals surface area contributed by atoms with Gasteiger partial charge < -0.3 is 10.3 Å². The number of aromatic nitrogens is 2. The standard InChI is InChI=1S/C32H38N4O/c1-25(2)36(24-29-22-35-31-12-6-5-11-30(29)31)23-28-15-13-26(14-16-28)9-4-3-7-20-34-32(37)18-17-27-10-8-19-33-21-27/h5-6,8,10-19,21-22,25,35H,3-4,7,9,20,23-24H2,1-2H3,(H,34,37)/b18-17+. The minimum Gasteiger partial charge on any atom is -0.361 e. The summed E-state index contributed by atoms with van der Waals surface area (Å²) in [7, 11) is 0. The zero-order chi connectivity index (χ0) is 25.9. The van der Waals surface area contributed by atoms with Gasteiger partial charge in [0.2, 0.25) is 5.91 Å². The number of benzene rings is 2. The third-order valence-electron chi connectivity index (χ3n) is 6.74. The van der Waals surface area contributed by atoms with Gasteiger partial charge >= 0.3 is 0 Å². The monoisotopic (exact) mass is 494 g/mol. The number of nitrogens with one attached hydrogen (secondary N) is 2. The van der Waals surface area contributed by atoms with E-state index in [1.807, 2.05) is 12.1 Å². The van der Waals surface area contributed by atoms with Crippen LogP contribution in [0.3, 0.4) is 0 Å². The zero-order valence-electron chi connectivity index (χ0n) is 22.0. The molecule has 5 nitrogen and oxygen atoms in total. The van der Waals surface area contributed by atoms with Gasteiger partial charge in [0.1, 0.15) is 0 Å². The van der Waals surface area contributed by atoms with Crippen molar-refractivity contribution >= 4 is 22.9 Å². The second-order valence-corrected chi connectivity index (χ2v) is 9.90. The maximum Gasteiger partial charge on any atom is 0.243 e. The van der Waals surface area contributed by atoms with E-state index in [4.69, 9.17) is 0 Å². The SMILES string of the molecule is CC(C)N(Cc1ccc(CCCCCNC(=O)/C=C/c2cccnc2)cc1)Cc1c[nH]c2ccccc12. The van der Waals surface area contributed by atoms with E-state index in [0.29, 0.717) is 12.6 Å². The van der Waals surface area contributed by atoms with Crippen LogP contribution in [0.1, 0.15) is 55.4 Å².